The third-order valence-electron chi connectivity index (χ3n) is 2.58. The Morgan fingerprint density at radius 2 is 2.28 bits per heavy atom. The lowest BCUT2D eigenvalue weighted by atomic mass is 10.1. The average Bonchev–Trinajstić information content (AvgIpc) is 2.94. The second-order valence-corrected chi connectivity index (χ2v) is 5.50. The van der Waals surface area contributed by atoms with E-state index >= 15 is 0 Å². The zero-order valence-electron chi connectivity index (χ0n) is 9.85. The van der Waals surface area contributed by atoms with Crippen LogP contribution < -0.4 is 0 Å². The first kappa shape index (κ1) is 12.8. The summed E-state index contributed by atoms with van der Waals surface area (Å²) >= 11 is 7.49. The minimum atomic E-state index is -0.785. The van der Waals surface area contributed by atoms with Crippen LogP contribution in [0.3, 0.4) is 0 Å². The number of rotatable bonds is 3. The van der Waals surface area contributed by atoms with Crippen molar-refractivity contribution < 1.29 is 4.79 Å². The van der Waals surface area contributed by atoms with E-state index in [1.807, 2.05) is 5.38 Å². The van der Waals surface area contributed by atoms with Gasteiger partial charge in [-0.1, -0.05) is 11.6 Å². The zero-order chi connectivity index (χ0) is 13.3. The molecule has 0 radical (unpaired) electrons. The van der Waals surface area contributed by atoms with Crippen LogP contribution in [0.4, 0.5) is 0 Å². The molecule has 0 atom stereocenters. The van der Waals surface area contributed by atoms with E-state index in [1.54, 1.807) is 25.4 Å². The summed E-state index contributed by atoms with van der Waals surface area (Å²) in [5, 5.41) is 17.6. The summed E-state index contributed by atoms with van der Waals surface area (Å²) < 4.78 is 1.49. The summed E-state index contributed by atoms with van der Waals surface area (Å²) in [6.45, 7) is 3.46. The van der Waals surface area contributed by atoms with Crippen LogP contribution in [-0.2, 0) is 10.3 Å². The van der Waals surface area contributed by atoms with Gasteiger partial charge in [0.05, 0.1) is 10.6 Å². The molecule has 0 bridgehead atoms. The molecule has 0 fully saturated rings. The normalized spacial score (nSPS) is 11.2. The molecule has 0 aliphatic carbocycles. The number of hydrogen-bond donors (Lipinski definition) is 0. The number of nitrogens with zero attached hydrogens (tertiary/aromatic N) is 3. The van der Waals surface area contributed by atoms with Gasteiger partial charge in [-0.3, -0.25) is 4.68 Å². The van der Waals surface area contributed by atoms with Crippen LogP contribution >= 0.6 is 22.9 Å². The summed E-state index contributed by atoms with van der Waals surface area (Å²) in [7, 11) is 0. The van der Waals surface area contributed by atoms with Crippen LogP contribution in [0.25, 0.3) is 11.3 Å². The number of aromatic nitrogens is 2. The molecule has 0 aliphatic heterocycles. The molecule has 2 rings (SSSR count). The molecule has 4 nitrogen and oxygen atoms in total. The van der Waals surface area contributed by atoms with Crippen molar-refractivity contribution >= 4 is 29.2 Å². The number of nitriles is 1. The quantitative estimate of drug-likeness (QED) is 0.811. The Labute approximate surface area is 113 Å². The highest BCUT2D eigenvalue weighted by Gasteiger charge is 2.24. The fourth-order valence-electron chi connectivity index (χ4n) is 1.45. The van der Waals surface area contributed by atoms with Crippen molar-refractivity contribution in [1.29, 1.82) is 5.26 Å². The molecule has 0 aliphatic rings. The lowest BCUT2D eigenvalue weighted by Gasteiger charge is -2.16. The molecule has 2 heterocycles. The van der Waals surface area contributed by atoms with E-state index in [0.717, 1.165) is 11.8 Å². The maximum Gasteiger partial charge on any atom is 0.147 e. The third kappa shape index (κ3) is 2.05. The number of thiophene rings is 1. The number of hydrogen-bond acceptors (Lipinski definition) is 4. The summed E-state index contributed by atoms with van der Waals surface area (Å²) in [5.74, 6) is 0. The molecule has 0 amide bonds. The molecule has 0 saturated heterocycles. The average molecular weight is 280 g/mol. The topological polar surface area (TPSA) is 58.7 Å². The zero-order valence-corrected chi connectivity index (χ0v) is 11.4. The minimum absolute atomic E-state index is 0.408. The van der Waals surface area contributed by atoms with Crippen molar-refractivity contribution in [3.63, 3.8) is 0 Å². The van der Waals surface area contributed by atoms with Gasteiger partial charge in [0.15, 0.2) is 0 Å². The van der Waals surface area contributed by atoms with Crippen LogP contribution in [0.2, 0.25) is 5.02 Å². The number of halogens is 1. The Morgan fingerprint density at radius 1 is 1.56 bits per heavy atom. The van der Waals surface area contributed by atoms with Gasteiger partial charge in [-0.05, 0) is 13.8 Å². The van der Waals surface area contributed by atoms with E-state index in [0.29, 0.717) is 16.3 Å². The van der Waals surface area contributed by atoms with E-state index in [9.17, 15) is 4.79 Å². The van der Waals surface area contributed by atoms with Crippen LogP contribution in [-0.4, -0.2) is 16.1 Å². The minimum Gasteiger partial charge on any atom is -0.301 e. The van der Waals surface area contributed by atoms with E-state index in [2.05, 4.69) is 11.2 Å². The first-order valence-corrected chi connectivity index (χ1v) is 6.50. The molecule has 0 aromatic carbocycles. The summed E-state index contributed by atoms with van der Waals surface area (Å²) in [6.07, 6.45) is 2.36. The number of carbonyl (C=O) groups is 1. The second kappa shape index (κ2) is 4.56. The van der Waals surface area contributed by atoms with Gasteiger partial charge in [0.1, 0.15) is 23.6 Å². The van der Waals surface area contributed by atoms with Crippen LogP contribution in [0.5, 0.6) is 0 Å². The molecular weight excluding hydrogens is 270 g/mol. The second-order valence-electron chi connectivity index (χ2n) is 4.35. The van der Waals surface area contributed by atoms with Gasteiger partial charge in [-0.25, -0.2) is 0 Å². The monoisotopic (exact) mass is 279 g/mol. The molecular formula is C12H10ClN3OS. The largest absolute Gasteiger partial charge is 0.301 e. The van der Waals surface area contributed by atoms with Crippen LogP contribution in [0, 0.1) is 11.3 Å². The van der Waals surface area contributed by atoms with Crippen molar-refractivity contribution in [2.75, 3.05) is 0 Å². The van der Waals surface area contributed by atoms with Crippen molar-refractivity contribution in [3.8, 4) is 17.3 Å². The predicted molar refractivity (Wildman–Crippen MR) is 70.7 cm³/mol. The Bertz CT molecular complexity index is 636. The Balaban J connectivity index is 2.60. The number of aldehydes is 1. The molecule has 18 heavy (non-hydrogen) atoms. The van der Waals surface area contributed by atoms with Crippen molar-refractivity contribution in [3.05, 3.63) is 27.5 Å². The van der Waals surface area contributed by atoms with Gasteiger partial charge in [-0.15, -0.1) is 0 Å². The van der Waals surface area contributed by atoms with E-state index in [4.69, 9.17) is 16.9 Å². The van der Waals surface area contributed by atoms with Crippen LogP contribution in [0.15, 0.2) is 17.0 Å². The fourth-order valence-corrected chi connectivity index (χ4v) is 2.51. The standard InChI is InChI=1S/C12H10ClN3OS/c1-12(2,7-17)16-4-8(3-14)11(15-16)9-5-18-6-10(9)13/h4-7H,1-2H3. The maximum absolute atomic E-state index is 11.0. The van der Waals surface area contributed by atoms with Gasteiger partial charge in [0.2, 0.25) is 0 Å². The van der Waals surface area contributed by atoms with Gasteiger partial charge in [0.25, 0.3) is 0 Å². The molecule has 0 spiro atoms. The van der Waals surface area contributed by atoms with E-state index in [1.165, 1.54) is 16.0 Å². The SMILES string of the molecule is CC(C)(C=O)n1cc(C#N)c(-c2cscc2Cl)n1. The predicted octanol–water partition coefficient (Wildman–Crippen LogP) is 3.07. The lowest BCUT2D eigenvalue weighted by molar-refractivity contribution is -0.114. The highest BCUT2D eigenvalue weighted by Crippen LogP contribution is 2.33. The van der Waals surface area contributed by atoms with Gasteiger partial charge in [0, 0.05) is 22.5 Å². The fraction of sp³-hybridized carbons (Fsp3) is 0.250. The first-order chi connectivity index (χ1) is 8.49. The van der Waals surface area contributed by atoms with Crippen molar-refractivity contribution in [2.45, 2.75) is 19.4 Å². The lowest BCUT2D eigenvalue weighted by Crippen LogP contribution is -2.28. The molecule has 2 aromatic rings. The Morgan fingerprint density at radius 3 is 2.78 bits per heavy atom. The molecule has 0 N–H and O–H groups in total. The smallest absolute Gasteiger partial charge is 0.147 e. The maximum atomic E-state index is 11.0. The molecule has 92 valence electrons. The summed E-state index contributed by atoms with van der Waals surface area (Å²) in [6, 6.07) is 2.07. The number of carbonyl (C=O) groups excluding carboxylic acids is 1. The summed E-state index contributed by atoms with van der Waals surface area (Å²) in [5.41, 5.74) is 0.856. The molecule has 0 saturated carbocycles. The van der Waals surface area contributed by atoms with Gasteiger partial charge in [-0.2, -0.15) is 21.7 Å². The summed E-state index contributed by atoms with van der Waals surface area (Å²) in [4.78, 5) is 11.0. The van der Waals surface area contributed by atoms with Crippen molar-refractivity contribution in [2.24, 2.45) is 0 Å². The van der Waals surface area contributed by atoms with E-state index in [-0.39, 0.29) is 0 Å². The van der Waals surface area contributed by atoms with Crippen molar-refractivity contribution in [1.82, 2.24) is 9.78 Å². The Kier molecular flexibility index (Phi) is 3.24. The first-order valence-electron chi connectivity index (χ1n) is 5.18. The van der Waals surface area contributed by atoms with Gasteiger partial charge >= 0.3 is 0 Å². The van der Waals surface area contributed by atoms with E-state index < -0.39 is 5.54 Å². The van der Waals surface area contributed by atoms with Gasteiger partial charge < -0.3 is 4.79 Å². The molecule has 0 unspecified atom stereocenters. The van der Waals surface area contributed by atoms with Crippen LogP contribution in [0.1, 0.15) is 19.4 Å². The molecule has 2 aromatic heterocycles. The molecule has 6 heteroatoms. The highest BCUT2D eigenvalue weighted by molar-refractivity contribution is 7.09. The highest BCUT2D eigenvalue weighted by atomic mass is 35.5. The Hall–Kier alpha value is -1.64. The third-order valence-corrected chi connectivity index (χ3v) is 3.77.